The van der Waals surface area contributed by atoms with E-state index in [2.05, 4.69) is 13.8 Å². The third-order valence-electron chi connectivity index (χ3n) is 3.82. The fourth-order valence-corrected chi connectivity index (χ4v) is 2.50. The first kappa shape index (κ1) is 14.5. The third-order valence-corrected chi connectivity index (χ3v) is 3.82. The van der Waals surface area contributed by atoms with Crippen LogP contribution in [0.1, 0.15) is 52.4 Å². The lowest BCUT2D eigenvalue weighted by molar-refractivity contribution is -0.153. The molecule has 1 rings (SSSR count). The molecule has 1 aliphatic carbocycles. The minimum atomic E-state index is -0.412. The highest BCUT2D eigenvalue weighted by atomic mass is 16.5. The van der Waals surface area contributed by atoms with E-state index in [-0.39, 0.29) is 5.97 Å². The lowest BCUT2D eigenvalue weighted by atomic mass is 9.77. The molecule has 0 heterocycles. The van der Waals surface area contributed by atoms with Crippen LogP contribution in [0.3, 0.4) is 0 Å². The van der Waals surface area contributed by atoms with Crippen molar-refractivity contribution in [2.45, 2.75) is 52.4 Å². The first-order valence-electron chi connectivity index (χ1n) is 6.82. The summed E-state index contributed by atoms with van der Waals surface area (Å²) in [6.45, 7) is 4.85. The first-order chi connectivity index (χ1) is 8.04. The van der Waals surface area contributed by atoms with E-state index in [1.807, 2.05) is 0 Å². The molecule has 0 bridgehead atoms. The van der Waals surface area contributed by atoms with E-state index >= 15 is 0 Å². The van der Waals surface area contributed by atoms with Gasteiger partial charge in [0.1, 0.15) is 0 Å². The molecular weight excluding hydrogens is 214 g/mol. The topological polar surface area (TPSA) is 52.3 Å². The summed E-state index contributed by atoms with van der Waals surface area (Å²) in [6.07, 6.45) is 6.53. The van der Waals surface area contributed by atoms with Gasteiger partial charge in [-0.25, -0.2) is 0 Å². The van der Waals surface area contributed by atoms with E-state index < -0.39 is 5.41 Å². The van der Waals surface area contributed by atoms with Crippen molar-refractivity contribution in [2.75, 3.05) is 13.7 Å². The quantitative estimate of drug-likeness (QED) is 0.665. The molecule has 3 nitrogen and oxygen atoms in total. The molecule has 100 valence electrons. The van der Waals surface area contributed by atoms with Crippen LogP contribution in [0.15, 0.2) is 0 Å². The van der Waals surface area contributed by atoms with Crippen molar-refractivity contribution in [3.8, 4) is 0 Å². The van der Waals surface area contributed by atoms with Gasteiger partial charge in [-0.3, -0.25) is 4.79 Å². The minimum absolute atomic E-state index is 0.101. The van der Waals surface area contributed by atoms with Crippen LogP contribution in [0, 0.1) is 17.3 Å². The molecule has 1 atom stereocenters. The number of ether oxygens (including phenoxy) is 1. The Morgan fingerprint density at radius 2 is 2.12 bits per heavy atom. The summed E-state index contributed by atoms with van der Waals surface area (Å²) in [5.74, 6) is 1.29. The summed E-state index contributed by atoms with van der Waals surface area (Å²) >= 11 is 0. The molecular formula is C14H27NO2. The average Bonchev–Trinajstić information content (AvgIpc) is 3.10. The highest BCUT2D eigenvalue weighted by molar-refractivity contribution is 5.77. The molecule has 2 N–H and O–H groups in total. The molecule has 1 fully saturated rings. The van der Waals surface area contributed by atoms with Crippen molar-refractivity contribution >= 4 is 5.97 Å². The standard InChI is InChI=1S/C14H27NO2/c1-11(2)5-4-8-14(10-15,13(16)17-3)9-12-6-7-12/h11-12H,4-10,15H2,1-3H3. The summed E-state index contributed by atoms with van der Waals surface area (Å²) in [5.41, 5.74) is 5.46. The van der Waals surface area contributed by atoms with Crippen LogP contribution >= 0.6 is 0 Å². The number of carbonyl (C=O) groups excluding carboxylic acids is 1. The van der Waals surface area contributed by atoms with Crippen LogP contribution in [0.25, 0.3) is 0 Å². The van der Waals surface area contributed by atoms with Crippen molar-refractivity contribution in [3.05, 3.63) is 0 Å². The number of hydrogen-bond acceptors (Lipinski definition) is 3. The molecule has 17 heavy (non-hydrogen) atoms. The van der Waals surface area contributed by atoms with Gasteiger partial charge in [0.2, 0.25) is 0 Å². The van der Waals surface area contributed by atoms with Gasteiger partial charge >= 0.3 is 5.97 Å². The van der Waals surface area contributed by atoms with Crippen LogP contribution in [0.4, 0.5) is 0 Å². The number of hydrogen-bond donors (Lipinski definition) is 1. The van der Waals surface area contributed by atoms with Gasteiger partial charge in [-0.1, -0.05) is 39.5 Å². The molecule has 0 saturated heterocycles. The summed E-state index contributed by atoms with van der Waals surface area (Å²) in [6, 6.07) is 0. The maximum absolute atomic E-state index is 12.0. The van der Waals surface area contributed by atoms with E-state index in [1.165, 1.54) is 20.0 Å². The summed E-state index contributed by atoms with van der Waals surface area (Å²) in [4.78, 5) is 12.0. The van der Waals surface area contributed by atoms with Gasteiger partial charge in [-0.05, 0) is 24.7 Å². The van der Waals surface area contributed by atoms with Crippen molar-refractivity contribution in [3.63, 3.8) is 0 Å². The molecule has 1 aliphatic rings. The number of carbonyl (C=O) groups is 1. The third kappa shape index (κ3) is 4.30. The highest BCUT2D eigenvalue weighted by Crippen LogP contribution is 2.43. The fourth-order valence-electron chi connectivity index (χ4n) is 2.50. The maximum Gasteiger partial charge on any atom is 0.313 e. The zero-order valence-corrected chi connectivity index (χ0v) is 11.5. The molecule has 0 spiro atoms. The second-order valence-corrected chi connectivity index (χ2v) is 5.91. The van der Waals surface area contributed by atoms with Crippen molar-refractivity contribution in [1.29, 1.82) is 0 Å². The maximum atomic E-state index is 12.0. The molecule has 0 amide bonds. The molecule has 1 saturated carbocycles. The van der Waals surface area contributed by atoms with Crippen LogP contribution in [0.5, 0.6) is 0 Å². The second-order valence-electron chi connectivity index (χ2n) is 5.91. The van der Waals surface area contributed by atoms with Crippen LogP contribution in [0.2, 0.25) is 0 Å². The molecule has 1 unspecified atom stereocenters. The summed E-state index contributed by atoms with van der Waals surface area (Å²) in [7, 11) is 1.47. The Hall–Kier alpha value is -0.570. The molecule has 3 heteroatoms. The monoisotopic (exact) mass is 241 g/mol. The highest BCUT2D eigenvalue weighted by Gasteiger charge is 2.42. The summed E-state index contributed by atoms with van der Waals surface area (Å²) in [5, 5.41) is 0. The molecule has 0 aromatic rings. The minimum Gasteiger partial charge on any atom is -0.469 e. The smallest absolute Gasteiger partial charge is 0.313 e. The van der Waals surface area contributed by atoms with E-state index in [9.17, 15) is 4.79 Å². The summed E-state index contributed by atoms with van der Waals surface area (Å²) < 4.78 is 4.97. The van der Waals surface area contributed by atoms with E-state index in [0.717, 1.165) is 25.7 Å². The zero-order chi connectivity index (χ0) is 12.9. The lowest BCUT2D eigenvalue weighted by Crippen LogP contribution is -2.40. The number of rotatable bonds is 8. The molecule has 0 radical (unpaired) electrons. The Bertz CT molecular complexity index is 249. The number of nitrogens with two attached hydrogens (primary N) is 1. The van der Waals surface area contributed by atoms with Gasteiger partial charge in [0.05, 0.1) is 12.5 Å². The molecule has 0 aliphatic heterocycles. The first-order valence-corrected chi connectivity index (χ1v) is 6.82. The Balaban J connectivity index is 2.57. The lowest BCUT2D eigenvalue weighted by Gasteiger charge is -2.30. The SMILES string of the molecule is COC(=O)C(CN)(CCCC(C)C)CC1CC1. The Labute approximate surface area is 105 Å². The molecule has 0 aromatic carbocycles. The van der Waals surface area contributed by atoms with Crippen LogP contribution < -0.4 is 5.73 Å². The van der Waals surface area contributed by atoms with Gasteiger partial charge in [-0.2, -0.15) is 0 Å². The van der Waals surface area contributed by atoms with Crippen LogP contribution in [-0.4, -0.2) is 19.6 Å². The van der Waals surface area contributed by atoms with E-state index in [4.69, 9.17) is 10.5 Å². The Kier molecular flexibility index (Phi) is 5.44. The largest absolute Gasteiger partial charge is 0.469 e. The van der Waals surface area contributed by atoms with Crippen LogP contribution in [-0.2, 0) is 9.53 Å². The Morgan fingerprint density at radius 1 is 1.47 bits per heavy atom. The van der Waals surface area contributed by atoms with Gasteiger partial charge < -0.3 is 10.5 Å². The van der Waals surface area contributed by atoms with Gasteiger partial charge in [0.25, 0.3) is 0 Å². The Morgan fingerprint density at radius 3 is 2.53 bits per heavy atom. The van der Waals surface area contributed by atoms with Gasteiger partial charge in [0.15, 0.2) is 0 Å². The number of methoxy groups -OCH3 is 1. The van der Waals surface area contributed by atoms with E-state index in [1.54, 1.807) is 0 Å². The predicted octanol–water partition coefficient (Wildman–Crippen LogP) is 2.73. The fraction of sp³-hybridized carbons (Fsp3) is 0.929. The van der Waals surface area contributed by atoms with Gasteiger partial charge in [-0.15, -0.1) is 0 Å². The second kappa shape index (κ2) is 6.39. The number of esters is 1. The van der Waals surface area contributed by atoms with Crippen molar-refractivity contribution < 1.29 is 9.53 Å². The predicted molar refractivity (Wildman–Crippen MR) is 69.5 cm³/mol. The normalized spacial score (nSPS) is 19.1. The molecule has 0 aromatic heterocycles. The van der Waals surface area contributed by atoms with Gasteiger partial charge in [0, 0.05) is 6.54 Å². The van der Waals surface area contributed by atoms with E-state index in [0.29, 0.717) is 18.4 Å². The zero-order valence-electron chi connectivity index (χ0n) is 11.5. The average molecular weight is 241 g/mol. The van der Waals surface area contributed by atoms with Crippen molar-refractivity contribution in [2.24, 2.45) is 23.0 Å². The van der Waals surface area contributed by atoms with Crippen molar-refractivity contribution in [1.82, 2.24) is 0 Å².